The third kappa shape index (κ3) is 6.98. The van der Waals surface area contributed by atoms with Gasteiger partial charge in [0, 0.05) is 6.04 Å². The molecule has 1 fully saturated rings. The van der Waals surface area contributed by atoms with Gasteiger partial charge in [-0.05, 0) is 18.3 Å². The van der Waals surface area contributed by atoms with Gasteiger partial charge in [0.2, 0.25) is 0 Å². The summed E-state index contributed by atoms with van der Waals surface area (Å²) in [7, 11) is 0. The predicted octanol–water partition coefficient (Wildman–Crippen LogP) is -0.152. The van der Waals surface area contributed by atoms with Crippen LogP contribution in [0.4, 0.5) is 9.59 Å². The van der Waals surface area contributed by atoms with Crippen molar-refractivity contribution in [2.24, 2.45) is 17.6 Å². The number of carbonyl (C=O) groups is 4. The van der Waals surface area contributed by atoms with Crippen molar-refractivity contribution in [3.63, 3.8) is 0 Å². The minimum atomic E-state index is -0.874. The molecule has 130 valence electrons. The lowest BCUT2D eigenvalue weighted by Gasteiger charge is -2.34. The smallest absolute Gasteiger partial charge is 0.325 e. The fraction of sp³-hybridized carbons (Fsp3) is 0.714. The second kappa shape index (κ2) is 8.96. The lowest BCUT2D eigenvalue weighted by Crippen LogP contribution is -2.50. The van der Waals surface area contributed by atoms with Crippen molar-refractivity contribution >= 4 is 23.9 Å². The van der Waals surface area contributed by atoms with Crippen LogP contribution in [-0.4, -0.2) is 43.1 Å². The highest BCUT2D eigenvalue weighted by atomic mass is 16.5. The van der Waals surface area contributed by atoms with E-state index in [0.29, 0.717) is 11.8 Å². The van der Waals surface area contributed by atoms with Gasteiger partial charge < -0.3 is 21.1 Å². The summed E-state index contributed by atoms with van der Waals surface area (Å²) < 4.78 is 4.58. The first-order valence-corrected chi connectivity index (χ1v) is 7.59. The van der Waals surface area contributed by atoms with Crippen LogP contribution in [0.2, 0.25) is 0 Å². The molecule has 0 aromatic heterocycles. The number of carbonyl (C=O) groups excluding carboxylic acids is 4. The van der Waals surface area contributed by atoms with E-state index < -0.39 is 37.1 Å². The van der Waals surface area contributed by atoms with Crippen molar-refractivity contribution in [1.29, 1.82) is 0 Å². The molecule has 1 aliphatic rings. The first-order valence-electron chi connectivity index (χ1n) is 7.59. The number of nitrogens with two attached hydrogens (primary N) is 1. The van der Waals surface area contributed by atoms with Crippen LogP contribution in [0.5, 0.6) is 0 Å². The Bertz CT molecular complexity index is 468. The summed E-state index contributed by atoms with van der Waals surface area (Å²) in [5.74, 6) is -0.716. The van der Waals surface area contributed by atoms with Crippen molar-refractivity contribution in [3.05, 3.63) is 0 Å². The summed E-state index contributed by atoms with van der Waals surface area (Å²) in [6.07, 6.45) is 3.05. The van der Waals surface area contributed by atoms with Gasteiger partial charge in [0.05, 0.1) is 0 Å². The Balaban J connectivity index is 2.27. The first-order chi connectivity index (χ1) is 10.8. The summed E-state index contributed by atoms with van der Waals surface area (Å²) in [6.45, 7) is 3.17. The summed E-state index contributed by atoms with van der Waals surface area (Å²) in [5, 5.41) is 6.90. The van der Waals surface area contributed by atoms with E-state index in [-0.39, 0.29) is 6.04 Å². The van der Waals surface area contributed by atoms with Gasteiger partial charge >= 0.3 is 18.0 Å². The third-order valence-corrected chi connectivity index (χ3v) is 4.05. The van der Waals surface area contributed by atoms with E-state index >= 15 is 0 Å². The molecule has 1 saturated carbocycles. The van der Waals surface area contributed by atoms with Crippen LogP contribution in [0.15, 0.2) is 0 Å². The normalized spacial score (nSPS) is 23.5. The molecule has 0 aliphatic heterocycles. The summed E-state index contributed by atoms with van der Waals surface area (Å²) >= 11 is 0. The Morgan fingerprint density at radius 1 is 1.17 bits per heavy atom. The number of ether oxygens (including phenoxy) is 1. The number of primary amides is 1. The van der Waals surface area contributed by atoms with Crippen molar-refractivity contribution in [2.45, 2.75) is 39.2 Å². The number of imide groups is 1. The molecule has 0 bridgehead atoms. The topological polar surface area (TPSA) is 140 Å². The zero-order valence-corrected chi connectivity index (χ0v) is 13.4. The molecule has 0 aromatic rings. The zero-order valence-electron chi connectivity index (χ0n) is 13.4. The Morgan fingerprint density at radius 3 is 2.52 bits per heavy atom. The molecule has 9 heteroatoms. The SMILES string of the molecule is C[C@@H]1[C@@H](C)CCC[C@H]1NC(=O)NC(=O)COC(=O)CNC(N)=O. The molecule has 9 nitrogen and oxygen atoms in total. The van der Waals surface area contributed by atoms with Gasteiger partial charge in [-0.3, -0.25) is 14.9 Å². The number of hydrogen-bond donors (Lipinski definition) is 4. The van der Waals surface area contributed by atoms with Gasteiger partial charge in [-0.15, -0.1) is 0 Å². The molecule has 5 amide bonds. The molecule has 0 heterocycles. The predicted molar refractivity (Wildman–Crippen MR) is 81.2 cm³/mol. The summed E-state index contributed by atoms with van der Waals surface area (Å²) in [4.78, 5) is 44.9. The lowest BCUT2D eigenvalue weighted by molar-refractivity contribution is -0.147. The van der Waals surface area contributed by atoms with Crippen molar-refractivity contribution in [1.82, 2.24) is 16.0 Å². The zero-order chi connectivity index (χ0) is 17.4. The maximum Gasteiger partial charge on any atom is 0.325 e. The first kappa shape index (κ1) is 18.7. The maximum absolute atomic E-state index is 11.8. The molecule has 0 aromatic carbocycles. The Hall–Kier alpha value is -2.32. The van der Waals surface area contributed by atoms with Crippen LogP contribution in [0, 0.1) is 11.8 Å². The Morgan fingerprint density at radius 2 is 1.87 bits per heavy atom. The van der Waals surface area contributed by atoms with E-state index in [0.717, 1.165) is 19.3 Å². The van der Waals surface area contributed by atoms with Crippen molar-refractivity contribution < 1.29 is 23.9 Å². The van der Waals surface area contributed by atoms with E-state index in [4.69, 9.17) is 5.73 Å². The average Bonchev–Trinajstić information content (AvgIpc) is 2.47. The Labute approximate surface area is 134 Å². The van der Waals surface area contributed by atoms with Crippen molar-refractivity contribution in [3.8, 4) is 0 Å². The summed E-state index contributed by atoms with van der Waals surface area (Å²) in [5.41, 5.74) is 4.78. The minimum Gasteiger partial charge on any atom is -0.454 e. The van der Waals surface area contributed by atoms with E-state index in [1.807, 2.05) is 5.32 Å². The summed E-state index contributed by atoms with van der Waals surface area (Å²) in [6, 6.07) is -1.46. The molecule has 0 unspecified atom stereocenters. The second-order valence-electron chi connectivity index (χ2n) is 5.77. The monoisotopic (exact) mass is 328 g/mol. The average molecular weight is 328 g/mol. The molecule has 1 aliphatic carbocycles. The molecule has 5 N–H and O–H groups in total. The number of hydrogen-bond acceptors (Lipinski definition) is 5. The minimum absolute atomic E-state index is 0.0221. The van der Waals surface area contributed by atoms with Crippen LogP contribution >= 0.6 is 0 Å². The standard InChI is InChI=1S/C14H24N4O5/c1-8-4-3-5-10(9(8)2)17-14(22)18-11(19)7-23-12(20)6-16-13(15)21/h8-10H,3-7H2,1-2H3,(H3,15,16,21)(H2,17,18,19,22)/t8-,9+,10+/m0/s1. The van der Waals surface area contributed by atoms with E-state index in [1.54, 1.807) is 0 Å². The van der Waals surface area contributed by atoms with Gasteiger partial charge in [-0.1, -0.05) is 26.7 Å². The molecule has 3 atom stereocenters. The number of esters is 1. The van der Waals surface area contributed by atoms with Gasteiger partial charge in [0.25, 0.3) is 5.91 Å². The number of amides is 5. The number of nitrogens with one attached hydrogen (secondary N) is 3. The fourth-order valence-corrected chi connectivity index (χ4v) is 2.51. The van der Waals surface area contributed by atoms with Crippen LogP contribution < -0.4 is 21.7 Å². The largest absolute Gasteiger partial charge is 0.454 e. The van der Waals surface area contributed by atoms with E-state index in [2.05, 4.69) is 29.2 Å². The molecule has 0 saturated heterocycles. The second-order valence-corrected chi connectivity index (χ2v) is 5.77. The molecular weight excluding hydrogens is 304 g/mol. The van der Waals surface area contributed by atoms with Crippen LogP contribution in [-0.2, 0) is 14.3 Å². The van der Waals surface area contributed by atoms with Crippen LogP contribution in [0.3, 0.4) is 0 Å². The third-order valence-electron chi connectivity index (χ3n) is 4.05. The highest BCUT2D eigenvalue weighted by Gasteiger charge is 2.28. The van der Waals surface area contributed by atoms with Gasteiger partial charge in [-0.2, -0.15) is 0 Å². The van der Waals surface area contributed by atoms with Crippen molar-refractivity contribution in [2.75, 3.05) is 13.2 Å². The fourth-order valence-electron chi connectivity index (χ4n) is 2.51. The van der Waals surface area contributed by atoms with Crippen LogP contribution in [0.25, 0.3) is 0 Å². The quantitative estimate of drug-likeness (QED) is 0.520. The van der Waals surface area contributed by atoms with Gasteiger partial charge in [-0.25, -0.2) is 9.59 Å². The molecule has 1 rings (SSSR count). The van der Waals surface area contributed by atoms with Crippen LogP contribution in [0.1, 0.15) is 33.1 Å². The molecular formula is C14H24N4O5. The number of rotatable bonds is 5. The lowest BCUT2D eigenvalue weighted by atomic mass is 9.78. The highest BCUT2D eigenvalue weighted by Crippen LogP contribution is 2.29. The maximum atomic E-state index is 11.8. The molecule has 23 heavy (non-hydrogen) atoms. The number of urea groups is 2. The van der Waals surface area contributed by atoms with Gasteiger partial charge in [0.1, 0.15) is 6.54 Å². The van der Waals surface area contributed by atoms with Gasteiger partial charge in [0.15, 0.2) is 6.61 Å². The molecule has 0 radical (unpaired) electrons. The molecule has 0 spiro atoms. The highest BCUT2D eigenvalue weighted by molar-refractivity contribution is 5.95. The Kier molecular flexibility index (Phi) is 7.30. The van der Waals surface area contributed by atoms with E-state index in [9.17, 15) is 19.2 Å². The van der Waals surface area contributed by atoms with E-state index in [1.165, 1.54) is 0 Å².